The van der Waals surface area contributed by atoms with E-state index in [0.29, 0.717) is 24.9 Å². The molecule has 9 nitrogen and oxygen atoms in total. The van der Waals surface area contributed by atoms with Crippen molar-refractivity contribution in [2.75, 3.05) is 25.0 Å². The Morgan fingerprint density at radius 2 is 1.88 bits per heavy atom. The second-order valence-corrected chi connectivity index (χ2v) is 7.53. The summed E-state index contributed by atoms with van der Waals surface area (Å²) in [5, 5.41) is 15.0. The van der Waals surface area contributed by atoms with Crippen molar-refractivity contribution < 1.29 is 4.42 Å². The molecule has 10 heteroatoms. The van der Waals surface area contributed by atoms with Crippen LogP contribution in [0.25, 0.3) is 0 Å². The molecular formula is C22H33IN8O. The van der Waals surface area contributed by atoms with Crippen LogP contribution in [-0.2, 0) is 20.1 Å². The third-order valence-corrected chi connectivity index (χ3v) is 5.20. The van der Waals surface area contributed by atoms with Gasteiger partial charge in [-0.25, -0.2) is 9.98 Å². The molecule has 0 bridgehead atoms. The van der Waals surface area contributed by atoms with Crippen molar-refractivity contribution in [2.45, 2.75) is 40.3 Å². The van der Waals surface area contributed by atoms with Crippen LogP contribution in [0.4, 0.5) is 5.69 Å². The van der Waals surface area contributed by atoms with E-state index in [1.807, 2.05) is 38.5 Å². The lowest BCUT2D eigenvalue weighted by Gasteiger charge is -2.19. The Labute approximate surface area is 206 Å². The molecule has 1 aromatic carbocycles. The first kappa shape index (κ1) is 25.6. The number of aromatic nitrogens is 4. The van der Waals surface area contributed by atoms with E-state index < -0.39 is 0 Å². The van der Waals surface area contributed by atoms with Gasteiger partial charge in [0.1, 0.15) is 18.1 Å². The quantitative estimate of drug-likeness (QED) is 0.182. The van der Waals surface area contributed by atoms with Gasteiger partial charge in [-0.1, -0.05) is 18.2 Å². The molecule has 0 spiro atoms. The van der Waals surface area contributed by atoms with E-state index in [9.17, 15) is 0 Å². The second kappa shape index (κ2) is 12.4. The molecule has 0 aliphatic carbocycles. The van der Waals surface area contributed by atoms with Gasteiger partial charge in [-0.05, 0) is 39.3 Å². The van der Waals surface area contributed by atoms with Crippen LogP contribution in [0, 0.1) is 20.8 Å². The lowest BCUT2D eigenvalue weighted by atomic mass is 10.3. The minimum atomic E-state index is 0. The maximum Gasteiger partial charge on any atom is 0.214 e. The number of guanidine groups is 1. The fourth-order valence-electron chi connectivity index (χ4n) is 3.02. The van der Waals surface area contributed by atoms with E-state index >= 15 is 0 Å². The number of oxazole rings is 1. The Hall–Kier alpha value is -2.63. The first-order chi connectivity index (χ1) is 14.9. The van der Waals surface area contributed by atoms with Gasteiger partial charge in [0.25, 0.3) is 0 Å². The molecule has 0 saturated carbocycles. The number of benzene rings is 1. The van der Waals surface area contributed by atoms with E-state index in [-0.39, 0.29) is 24.0 Å². The van der Waals surface area contributed by atoms with Gasteiger partial charge in [-0.3, -0.25) is 0 Å². The lowest BCUT2D eigenvalue weighted by molar-refractivity contribution is 0.463. The molecule has 0 amide bonds. The van der Waals surface area contributed by atoms with E-state index in [4.69, 9.17) is 4.42 Å². The number of anilines is 1. The Kier molecular flexibility index (Phi) is 9.95. The van der Waals surface area contributed by atoms with Gasteiger partial charge in [0.2, 0.25) is 5.89 Å². The molecule has 32 heavy (non-hydrogen) atoms. The van der Waals surface area contributed by atoms with Crippen molar-refractivity contribution in [1.82, 2.24) is 30.4 Å². The van der Waals surface area contributed by atoms with Crippen molar-refractivity contribution in [1.29, 1.82) is 0 Å². The van der Waals surface area contributed by atoms with Crippen LogP contribution in [-0.4, -0.2) is 45.8 Å². The van der Waals surface area contributed by atoms with Gasteiger partial charge in [-0.15, -0.1) is 34.2 Å². The number of hydrogen-bond donors (Lipinski definition) is 2. The summed E-state index contributed by atoms with van der Waals surface area (Å²) < 4.78 is 7.61. The molecule has 0 atom stereocenters. The Balaban J connectivity index is 0.00000363. The SMILES string of the molecule is Cc1nc(CNC(=NCc2nnc(C)n2C)NCCCN(C)c2ccccc2)oc1C.I. The van der Waals surface area contributed by atoms with Crippen LogP contribution in [0.15, 0.2) is 39.7 Å². The van der Waals surface area contributed by atoms with Crippen molar-refractivity contribution in [2.24, 2.45) is 12.0 Å². The standard InChI is InChI=1S/C22H32N8O.HI/c1-16-17(2)31-21(26-16)15-25-22(24-14-20-28-27-18(3)30(20)5)23-12-9-13-29(4)19-10-7-6-8-11-19;/h6-8,10-11H,9,12-15H2,1-5H3,(H2,23,24,25);1H. The highest BCUT2D eigenvalue weighted by molar-refractivity contribution is 14.0. The number of nitrogens with one attached hydrogen (secondary N) is 2. The highest BCUT2D eigenvalue weighted by Crippen LogP contribution is 2.11. The van der Waals surface area contributed by atoms with Gasteiger partial charge in [0, 0.05) is 32.9 Å². The highest BCUT2D eigenvalue weighted by atomic mass is 127. The summed E-state index contributed by atoms with van der Waals surface area (Å²) in [6.45, 7) is 8.39. The average Bonchev–Trinajstić information content (AvgIpc) is 3.27. The predicted octanol–water partition coefficient (Wildman–Crippen LogP) is 3.11. The summed E-state index contributed by atoms with van der Waals surface area (Å²) in [6.07, 6.45) is 0.965. The summed E-state index contributed by atoms with van der Waals surface area (Å²) in [7, 11) is 4.05. The van der Waals surface area contributed by atoms with Crippen molar-refractivity contribution in [3.05, 3.63) is 59.3 Å². The van der Waals surface area contributed by atoms with Crippen LogP contribution >= 0.6 is 24.0 Å². The van der Waals surface area contributed by atoms with Crippen molar-refractivity contribution in [3.8, 4) is 0 Å². The Morgan fingerprint density at radius 1 is 1.12 bits per heavy atom. The summed E-state index contributed by atoms with van der Waals surface area (Å²) in [5.41, 5.74) is 2.11. The van der Waals surface area contributed by atoms with Crippen LogP contribution in [0.2, 0.25) is 0 Å². The average molecular weight is 552 g/mol. The van der Waals surface area contributed by atoms with Gasteiger partial charge < -0.3 is 24.5 Å². The first-order valence-electron chi connectivity index (χ1n) is 10.5. The van der Waals surface area contributed by atoms with Gasteiger partial charge in [0.15, 0.2) is 11.8 Å². The van der Waals surface area contributed by atoms with E-state index in [2.05, 4.69) is 67.0 Å². The molecule has 0 unspecified atom stereocenters. The number of para-hydroxylation sites is 1. The summed E-state index contributed by atoms with van der Waals surface area (Å²) in [4.78, 5) is 11.3. The molecule has 0 aliphatic heterocycles. The molecule has 0 fully saturated rings. The largest absolute Gasteiger partial charge is 0.444 e. The maximum absolute atomic E-state index is 5.67. The van der Waals surface area contributed by atoms with Crippen LogP contribution in [0.3, 0.4) is 0 Å². The van der Waals surface area contributed by atoms with Crippen LogP contribution < -0.4 is 15.5 Å². The first-order valence-corrected chi connectivity index (χ1v) is 10.5. The third-order valence-electron chi connectivity index (χ3n) is 5.20. The van der Waals surface area contributed by atoms with E-state index in [1.54, 1.807) is 0 Å². The Bertz CT molecular complexity index is 979. The molecule has 0 saturated heterocycles. The molecular weight excluding hydrogens is 519 g/mol. The molecule has 3 aromatic rings. The number of hydrogen-bond acceptors (Lipinski definition) is 6. The fourth-order valence-corrected chi connectivity index (χ4v) is 3.02. The third kappa shape index (κ3) is 7.21. The minimum absolute atomic E-state index is 0. The summed E-state index contributed by atoms with van der Waals surface area (Å²) >= 11 is 0. The zero-order chi connectivity index (χ0) is 22.2. The van der Waals surface area contributed by atoms with E-state index in [0.717, 1.165) is 42.6 Å². The minimum Gasteiger partial charge on any atom is -0.444 e. The van der Waals surface area contributed by atoms with E-state index in [1.165, 1.54) is 5.69 Å². The van der Waals surface area contributed by atoms with Gasteiger partial charge in [0.05, 0.1) is 12.2 Å². The monoisotopic (exact) mass is 552 g/mol. The number of halogens is 1. The molecule has 3 rings (SSSR count). The normalized spacial score (nSPS) is 11.2. The summed E-state index contributed by atoms with van der Waals surface area (Å²) in [6, 6.07) is 10.4. The van der Waals surface area contributed by atoms with Crippen molar-refractivity contribution in [3.63, 3.8) is 0 Å². The van der Waals surface area contributed by atoms with Crippen LogP contribution in [0.5, 0.6) is 0 Å². The molecule has 0 radical (unpaired) electrons. The maximum atomic E-state index is 5.67. The zero-order valence-corrected chi connectivity index (χ0v) is 21.8. The Morgan fingerprint density at radius 3 is 2.50 bits per heavy atom. The number of aliphatic imine (C=N–C) groups is 1. The molecule has 2 aromatic heterocycles. The topological polar surface area (TPSA) is 96.4 Å². The molecule has 2 N–H and O–H groups in total. The predicted molar refractivity (Wildman–Crippen MR) is 137 cm³/mol. The zero-order valence-electron chi connectivity index (χ0n) is 19.4. The van der Waals surface area contributed by atoms with Gasteiger partial charge in [-0.2, -0.15) is 0 Å². The smallest absolute Gasteiger partial charge is 0.214 e. The lowest BCUT2D eigenvalue weighted by Crippen LogP contribution is -2.38. The number of rotatable bonds is 9. The number of aryl methyl sites for hydroxylation is 3. The van der Waals surface area contributed by atoms with Gasteiger partial charge >= 0.3 is 0 Å². The van der Waals surface area contributed by atoms with Crippen LogP contribution in [0.1, 0.15) is 35.4 Å². The second-order valence-electron chi connectivity index (χ2n) is 7.53. The summed E-state index contributed by atoms with van der Waals surface area (Å²) in [5.74, 6) is 3.84. The molecule has 0 aliphatic rings. The van der Waals surface area contributed by atoms with Crippen molar-refractivity contribution >= 4 is 35.6 Å². The highest BCUT2D eigenvalue weighted by Gasteiger charge is 2.09. The fraction of sp³-hybridized carbons (Fsp3) is 0.455. The molecule has 174 valence electrons. The number of nitrogens with zero attached hydrogens (tertiary/aromatic N) is 6. The molecule has 2 heterocycles.